The van der Waals surface area contributed by atoms with Crippen molar-refractivity contribution in [1.29, 1.82) is 0 Å². The smallest absolute Gasteiger partial charge is 0.243 e. The third-order valence-electron chi connectivity index (χ3n) is 4.88. The van der Waals surface area contributed by atoms with Crippen LogP contribution in [0.1, 0.15) is 18.5 Å². The van der Waals surface area contributed by atoms with Gasteiger partial charge in [-0.1, -0.05) is 29.8 Å². The molecule has 0 aromatic heterocycles. The molecule has 2 aromatic rings. The fraction of sp³-hybridized carbons (Fsp3) is 0.350. The Morgan fingerprint density at radius 3 is 2.41 bits per heavy atom. The van der Waals surface area contributed by atoms with Crippen molar-refractivity contribution in [3.05, 3.63) is 64.9 Å². The molecule has 0 aliphatic carbocycles. The van der Waals surface area contributed by atoms with Gasteiger partial charge < -0.3 is 5.32 Å². The van der Waals surface area contributed by atoms with E-state index in [4.69, 9.17) is 11.6 Å². The highest BCUT2D eigenvalue weighted by Crippen LogP contribution is 2.21. The maximum absolute atomic E-state index is 13.0. The summed E-state index contributed by atoms with van der Waals surface area (Å²) in [6, 6.07) is 12.0. The average Bonchev–Trinajstić information content (AvgIpc) is 2.68. The predicted molar refractivity (Wildman–Crippen MR) is 110 cm³/mol. The summed E-state index contributed by atoms with van der Waals surface area (Å²) in [6.07, 6.45) is 0. The minimum Gasteiger partial charge on any atom is -0.348 e. The van der Waals surface area contributed by atoms with Crippen LogP contribution in [0.15, 0.2) is 53.4 Å². The lowest BCUT2D eigenvalue weighted by molar-refractivity contribution is -0.123. The summed E-state index contributed by atoms with van der Waals surface area (Å²) < 4.78 is 39.9. The van der Waals surface area contributed by atoms with E-state index in [2.05, 4.69) is 5.32 Å². The number of sulfonamides is 1. The monoisotopic (exact) mass is 439 g/mol. The molecule has 3 rings (SSSR count). The first-order valence-corrected chi connectivity index (χ1v) is 11.1. The number of carbonyl (C=O) groups is 1. The van der Waals surface area contributed by atoms with Gasteiger partial charge in [-0.15, -0.1) is 0 Å². The van der Waals surface area contributed by atoms with E-state index in [-0.39, 0.29) is 29.2 Å². The Hall–Kier alpha value is -2.00. The summed E-state index contributed by atoms with van der Waals surface area (Å²) >= 11 is 5.91. The van der Waals surface area contributed by atoms with Crippen LogP contribution in [-0.4, -0.2) is 56.3 Å². The number of hydrogen-bond acceptors (Lipinski definition) is 4. The van der Waals surface area contributed by atoms with E-state index in [1.54, 1.807) is 24.3 Å². The highest BCUT2D eigenvalue weighted by atomic mass is 35.5. The Labute approximate surface area is 175 Å². The van der Waals surface area contributed by atoms with Gasteiger partial charge in [-0.2, -0.15) is 4.31 Å². The first kappa shape index (κ1) is 21.7. The lowest BCUT2D eigenvalue weighted by atomic mass is 10.1. The molecule has 1 N–H and O–H groups in total. The van der Waals surface area contributed by atoms with Gasteiger partial charge in [-0.3, -0.25) is 9.69 Å². The van der Waals surface area contributed by atoms with Crippen molar-refractivity contribution in [2.75, 3.05) is 32.7 Å². The van der Waals surface area contributed by atoms with Gasteiger partial charge in [0.25, 0.3) is 0 Å². The molecule has 0 radical (unpaired) electrons. The molecule has 1 aliphatic heterocycles. The minimum absolute atomic E-state index is 0.159. The molecule has 0 saturated carbocycles. The lowest BCUT2D eigenvalue weighted by Gasteiger charge is -2.33. The SMILES string of the molecule is C[C@H](NC(=O)CN1CCN(S(=O)(=O)c2cccc(Cl)c2)CC1)c1ccc(F)cc1. The van der Waals surface area contributed by atoms with E-state index in [1.807, 2.05) is 11.8 Å². The van der Waals surface area contributed by atoms with E-state index in [1.165, 1.54) is 28.6 Å². The van der Waals surface area contributed by atoms with Crippen molar-refractivity contribution in [2.24, 2.45) is 0 Å². The number of nitrogens with one attached hydrogen (secondary N) is 1. The molecule has 0 bridgehead atoms. The summed E-state index contributed by atoms with van der Waals surface area (Å²) in [4.78, 5) is 14.4. The molecule has 1 atom stereocenters. The second-order valence-electron chi connectivity index (χ2n) is 6.98. The number of halogens is 2. The molecular weight excluding hydrogens is 417 g/mol. The standard InChI is InChI=1S/C20H23ClFN3O3S/c1-15(16-5-7-18(22)8-6-16)23-20(26)14-24-9-11-25(12-10-24)29(27,28)19-4-2-3-17(21)13-19/h2-8,13,15H,9-12,14H2,1H3,(H,23,26)/t15-/m0/s1. The maximum Gasteiger partial charge on any atom is 0.243 e. The Morgan fingerprint density at radius 2 is 1.79 bits per heavy atom. The van der Waals surface area contributed by atoms with Gasteiger partial charge in [-0.25, -0.2) is 12.8 Å². The zero-order chi connectivity index (χ0) is 21.0. The maximum atomic E-state index is 13.0. The van der Waals surface area contributed by atoms with Crippen LogP contribution in [0.2, 0.25) is 5.02 Å². The van der Waals surface area contributed by atoms with Crippen molar-refractivity contribution in [3.8, 4) is 0 Å². The van der Waals surface area contributed by atoms with Crippen LogP contribution in [-0.2, 0) is 14.8 Å². The number of piperazine rings is 1. The molecule has 9 heteroatoms. The third-order valence-corrected chi connectivity index (χ3v) is 7.01. The largest absolute Gasteiger partial charge is 0.348 e. The highest BCUT2D eigenvalue weighted by molar-refractivity contribution is 7.89. The Morgan fingerprint density at radius 1 is 1.14 bits per heavy atom. The number of carbonyl (C=O) groups excluding carboxylic acids is 1. The molecule has 1 fully saturated rings. The van der Waals surface area contributed by atoms with Gasteiger partial charge in [0.1, 0.15) is 5.82 Å². The fourth-order valence-electron chi connectivity index (χ4n) is 3.23. The Balaban J connectivity index is 1.51. The number of benzene rings is 2. The summed E-state index contributed by atoms with van der Waals surface area (Å²) in [5.41, 5.74) is 0.817. The van der Waals surface area contributed by atoms with Crippen LogP contribution in [0.5, 0.6) is 0 Å². The zero-order valence-corrected chi connectivity index (χ0v) is 17.6. The topological polar surface area (TPSA) is 69.7 Å². The quantitative estimate of drug-likeness (QED) is 0.751. The van der Waals surface area contributed by atoms with Gasteiger partial charge >= 0.3 is 0 Å². The molecule has 29 heavy (non-hydrogen) atoms. The van der Waals surface area contributed by atoms with Crippen LogP contribution >= 0.6 is 11.6 Å². The van der Waals surface area contributed by atoms with Crippen LogP contribution in [0.3, 0.4) is 0 Å². The van der Waals surface area contributed by atoms with Gasteiger partial charge in [-0.05, 0) is 42.8 Å². The second kappa shape index (κ2) is 9.21. The number of hydrogen-bond donors (Lipinski definition) is 1. The molecule has 156 valence electrons. The van der Waals surface area contributed by atoms with E-state index in [0.717, 1.165) is 5.56 Å². The van der Waals surface area contributed by atoms with E-state index < -0.39 is 10.0 Å². The summed E-state index contributed by atoms with van der Waals surface area (Å²) in [6.45, 7) is 3.53. The molecule has 1 heterocycles. The Kier molecular flexibility index (Phi) is 6.89. The van der Waals surface area contributed by atoms with Crippen LogP contribution in [0.25, 0.3) is 0 Å². The molecule has 0 unspecified atom stereocenters. The van der Waals surface area contributed by atoms with Crippen LogP contribution in [0.4, 0.5) is 4.39 Å². The van der Waals surface area contributed by atoms with E-state index in [0.29, 0.717) is 31.2 Å². The highest BCUT2D eigenvalue weighted by Gasteiger charge is 2.29. The van der Waals surface area contributed by atoms with E-state index >= 15 is 0 Å². The molecular formula is C20H23ClFN3O3S. The molecule has 0 spiro atoms. The molecule has 1 saturated heterocycles. The van der Waals surface area contributed by atoms with Gasteiger partial charge in [0.2, 0.25) is 15.9 Å². The lowest BCUT2D eigenvalue weighted by Crippen LogP contribution is -2.51. The summed E-state index contributed by atoms with van der Waals surface area (Å²) in [5, 5.41) is 3.26. The van der Waals surface area contributed by atoms with Crippen molar-refractivity contribution in [2.45, 2.75) is 17.9 Å². The molecule has 1 amide bonds. The number of amides is 1. The normalized spacial score (nSPS) is 17.1. The second-order valence-corrected chi connectivity index (χ2v) is 9.35. The molecule has 6 nitrogen and oxygen atoms in total. The first-order chi connectivity index (χ1) is 13.8. The van der Waals surface area contributed by atoms with Gasteiger partial charge in [0.05, 0.1) is 17.5 Å². The zero-order valence-electron chi connectivity index (χ0n) is 16.0. The van der Waals surface area contributed by atoms with Crippen LogP contribution in [0, 0.1) is 5.82 Å². The van der Waals surface area contributed by atoms with Crippen LogP contribution < -0.4 is 5.32 Å². The minimum atomic E-state index is -3.60. The third kappa shape index (κ3) is 5.54. The number of rotatable bonds is 6. The van der Waals surface area contributed by atoms with Crippen molar-refractivity contribution >= 4 is 27.5 Å². The van der Waals surface area contributed by atoms with Gasteiger partial charge in [0, 0.05) is 31.2 Å². The van der Waals surface area contributed by atoms with Crippen molar-refractivity contribution in [1.82, 2.24) is 14.5 Å². The molecule has 1 aliphatic rings. The van der Waals surface area contributed by atoms with Gasteiger partial charge in [0.15, 0.2) is 0 Å². The Bertz CT molecular complexity index is 961. The molecule has 2 aromatic carbocycles. The van der Waals surface area contributed by atoms with Crippen molar-refractivity contribution < 1.29 is 17.6 Å². The van der Waals surface area contributed by atoms with E-state index in [9.17, 15) is 17.6 Å². The summed E-state index contributed by atoms with van der Waals surface area (Å²) in [7, 11) is -3.60. The summed E-state index contributed by atoms with van der Waals surface area (Å²) in [5.74, 6) is -0.481. The average molecular weight is 440 g/mol. The van der Waals surface area contributed by atoms with Crippen molar-refractivity contribution in [3.63, 3.8) is 0 Å². The predicted octanol–water partition coefficient (Wildman–Crippen LogP) is 2.66. The fourth-order valence-corrected chi connectivity index (χ4v) is 4.95. The first-order valence-electron chi connectivity index (χ1n) is 9.28. The number of nitrogens with zero attached hydrogens (tertiary/aromatic N) is 2.